The molecule has 5 aromatic rings. The van der Waals surface area contributed by atoms with Gasteiger partial charge in [0.05, 0.1) is 11.9 Å². The van der Waals surface area contributed by atoms with Gasteiger partial charge < -0.3 is 19.1 Å². The van der Waals surface area contributed by atoms with E-state index in [0.717, 1.165) is 45.9 Å². The van der Waals surface area contributed by atoms with Crippen LogP contribution in [0.5, 0.6) is 5.75 Å². The van der Waals surface area contributed by atoms with Crippen molar-refractivity contribution in [1.82, 2.24) is 25.0 Å². The Balaban J connectivity index is 1.40. The molecule has 0 saturated carbocycles. The number of methoxy groups -OCH3 is 1. The number of nitrogens with zero attached hydrogens (tertiary/aromatic N) is 4. The molecular formula is C31H33N5O3. The van der Waals surface area contributed by atoms with Crippen LogP contribution in [0.1, 0.15) is 42.1 Å². The SMILES string of the molecule is COCOc1ccc(Cc2ccc(-c3cn[nH]n3)c(-c3ccc(Cn4cc(C(C)(C)O)nc4C)cc3)c2)cc1. The number of ether oxygens (including phenoxy) is 2. The number of aromatic amines is 1. The van der Waals surface area contributed by atoms with Gasteiger partial charge in [-0.05, 0) is 67.1 Å². The second-order valence-electron chi connectivity index (χ2n) is 10.2. The van der Waals surface area contributed by atoms with E-state index in [1.807, 2.05) is 25.3 Å². The van der Waals surface area contributed by atoms with Crippen LogP contribution in [0.25, 0.3) is 22.4 Å². The Hall–Kier alpha value is -4.27. The van der Waals surface area contributed by atoms with E-state index in [4.69, 9.17) is 9.47 Å². The predicted octanol–water partition coefficient (Wildman–Crippen LogP) is 5.49. The summed E-state index contributed by atoms with van der Waals surface area (Å²) in [5.74, 6) is 1.65. The molecule has 0 bridgehead atoms. The number of aliphatic hydroxyl groups is 1. The first-order chi connectivity index (χ1) is 18.8. The summed E-state index contributed by atoms with van der Waals surface area (Å²) in [5.41, 5.74) is 7.24. The first kappa shape index (κ1) is 26.3. The molecule has 39 heavy (non-hydrogen) atoms. The molecule has 0 radical (unpaired) electrons. The minimum atomic E-state index is -0.970. The average molecular weight is 524 g/mol. The number of aryl methyl sites for hydroxylation is 1. The summed E-state index contributed by atoms with van der Waals surface area (Å²) in [6.45, 7) is 6.37. The largest absolute Gasteiger partial charge is 0.468 e. The van der Waals surface area contributed by atoms with Crippen LogP contribution < -0.4 is 4.74 Å². The van der Waals surface area contributed by atoms with Crippen LogP contribution in [0.15, 0.2) is 79.1 Å². The molecule has 5 rings (SSSR count). The Morgan fingerprint density at radius 2 is 1.64 bits per heavy atom. The van der Waals surface area contributed by atoms with Crippen molar-refractivity contribution in [2.24, 2.45) is 0 Å². The fraction of sp³-hybridized carbons (Fsp3) is 0.258. The fourth-order valence-electron chi connectivity index (χ4n) is 4.51. The van der Waals surface area contributed by atoms with Crippen molar-refractivity contribution in [3.63, 3.8) is 0 Å². The van der Waals surface area contributed by atoms with Crippen LogP contribution in [0.4, 0.5) is 0 Å². The van der Waals surface area contributed by atoms with Gasteiger partial charge in [0.2, 0.25) is 0 Å². The lowest BCUT2D eigenvalue weighted by molar-refractivity contribution is 0.0511. The topological polar surface area (TPSA) is 98.1 Å². The maximum Gasteiger partial charge on any atom is 0.188 e. The van der Waals surface area contributed by atoms with E-state index in [1.54, 1.807) is 27.2 Å². The molecule has 0 saturated heterocycles. The number of imidazole rings is 1. The second kappa shape index (κ2) is 11.2. The van der Waals surface area contributed by atoms with E-state index in [0.29, 0.717) is 12.2 Å². The van der Waals surface area contributed by atoms with Gasteiger partial charge in [-0.1, -0.05) is 54.6 Å². The van der Waals surface area contributed by atoms with Crippen LogP contribution in [0.2, 0.25) is 0 Å². The lowest BCUT2D eigenvalue weighted by atomic mass is 9.93. The van der Waals surface area contributed by atoms with Crippen molar-refractivity contribution >= 4 is 0 Å². The molecule has 200 valence electrons. The molecule has 3 aromatic carbocycles. The van der Waals surface area contributed by atoms with Gasteiger partial charge in [-0.2, -0.15) is 15.4 Å². The van der Waals surface area contributed by atoms with Crippen molar-refractivity contribution < 1.29 is 14.6 Å². The summed E-state index contributed by atoms with van der Waals surface area (Å²) < 4.78 is 12.6. The number of benzene rings is 3. The van der Waals surface area contributed by atoms with Gasteiger partial charge in [-0.15, -0.1) is 0 Å². The third kappa shape index (κ3) is 6.25. The predicted molar refractivity (Wildman–Crippen MR) is 150 cm³/mol. The van der Waals surface area contributed by atoms with E-state index in [1.165, 1.54) is 11.1 Å². The number of hydrogen-bond donors (Lipinski definition) is 2. The van der Waals surface area contributed by atoms with Crippen LogP contribution in [-0.2, 0) is 23.3 Å². The molecule has 2 aromatic heterocycles. The molecule has 0 amide bonds. The summed E-state index contributed by atoms with van der Waals surface area (Å²) in [4.78, 5) is 4.53. The highest BCUT2D eigenvalue weighted by Gasteiger charge is 2.20. The molecule has 0 aliphatic rings. The maximum absolute atomic E-state index is 10.3. The Labute approximate surface area is 228 Å². The van der Waals surface area contributed by atoms with E-state index >= 15 is 0 Å². The summed E-state index contributed by atoms with van der Waals surface area (Å²) >= 11 is 0. The molecular weight excluding hydrogens is 490 g/mol. The lowest BCUT2D eigenvalue weighted by Gasteiger charge is -2.13. The monoisotopic (exact) mass is 523 g/mol. The minimum Gasteiger partial charge on any atom is -0.468 e. The first-order valence-electron chi connectivity index (χ1n) is 12.9. The normalized spacial score (nSPS) is 11.6. The van der Waals surface area contributed by atoms with Gasteiger partial charge in [0.25, 0.3) is 0 Å². The average Bonchev–Trinajstić information content (AvgIpc) is 3.59. The van der Waals surface area contributed by atoms with Gasteiger partial charge in [0.1, 0.15) is 22.9 Å². The maximum atomic E-state index is 10.3. The Morgan fingerprint density at radius 3 is 2.28 bits per heavy atom. The third-order valence-corrected chi connectivity index (χ3v) is 6.67. The molecule has 2 heterocycles. The number of H-pyrrole nitrogens is 1. The number of rotatable bonds is 10. The van der Waals surface area contributed by atoms with Crippen LogP contribution in [0.3, 0.4) is 0 Å². The highest BCUT2D eigenvalue weighted by atomic mass is 16.7. The summed E-state index contributed by atoms with van der Waals surface area (Å²) in [6.07, 6.45) is 4.46. The van der Waals surface area contributed by atoms with E-state index in [9.17, 15) is 5.11 Å². The highest BCUT2D eigenvalue weighted by Crippen LogP contribution is 2.33. The molecule has 0 unspecified atom stereocenters. The van der Waals surface area contributed by atoms with Crippen LogP contribution in [-0.4, -0.2) is 44.0 Å². The van der Waals surface area contributed by atoms with Crippen molar-refractivity contribution in [1.29, 1.82) is 0 Å². The molecule has 0 atom stereocenters. The molecule has 0 spiro atoms. The quantitative estimate of drug-likeness (QED) is 0.235. The fourth-order valence-corrected chi connectivity index (χ4v) is 4.51. The summed E-state index contributed by atoms with van der Waals surface area (Å²) in [5, 5.41) is 21.4. The molecule has 0 aliphatic carbocycles. The lowest BCUT2D eigenvalue weighted by Crippen LogP contribution is -2.15. The zero-order chi connectivity index (χ0) is 27.4. The van der Waals surface area contributed by atoms with Gasteiger partial charge in [-0.3, -0.25) is 0 Å². The Bertz CT molecular complexity index is 1520. The van der Waals surface area contributed by atoms with Crippen molar-refractivity contribution in [2.45, 2.75) is 39.3 Å². The molecule has 8 nitrogen and oxygen atoms in total. The Morgan fingerprint density at radius 1 is 0.923 bits per heavy atom. The third-order valence-electron chi connectivity index (χ3n) is 6.67. The van der Waals surface area contributed by atoms with Gasteiger partial charge in [0.15, 0.2) is 6.79 Å². The number of aromatic nitrogens is 5. The minimum absolute atomic E-state index is 0.231. The van der Waals surface area contributed by atoms with Crippen molar-refractivity contribution in [3.05, 3.63) is 107 Å². The summed E-state index contributed by atoms with van der Waals surface area (Å²) in [6, 6.07) is 23.1. The molecule has 0 fully saturated rings. The molecule has 2 N–H and O–H groups in total. The molecule has 0 aliphatic heterocycles. The summed E-state index contributed by atoms with van der Waals surface area (Å²) in [7, 11) is 1.61. The smallest absolute Gasteiger partial charge is 0.188 e. The zero-order valence-corrected chi connectivity index (χ0v) is 22.7. The number of hydrogen-bond acceptors (Lipinski definition) is 6. The van der Waals surface area contributed by atoms with Crippen LogP contribution in [0, 0.1) is 6.92 Å². The van der Waals surface area contributed by atoms with E-state index in [2.05, 4.69) is 79.6 Å². The first-order valence-corrected chi connectivity index (χ1v) is 12.9. The van der Waals surface area contributed by atoms with E-state index in [-0.39, 0.29) is 6.79 Å². The van der Waals surface area contributed by atoms with Crippen molar-refractivity contribution in [3.8, 4) is 28.1 Å². The zero-order valence-electron chi connectivity index (χ0n) is 22.7. The van der Waals surface area contributed by atoms with Gasteiger partial charge >= 0.3 is 0 Å². The standard InChI is InChI=1S/C31H33N5O3/c1-21-33-30(31(2,3)37)19-36(21)18-23-5-10-25(11-6-23)28-16-24(9-14-27(28)29-17-32-35-34-29)15-22-7-12-26(13-8-22)39-20-38-4/h5-14,16-17,19,37H,15,18,20H2,1-4H3,(H,32,34,35). The van der Waals surface area contributed by atoms with E-state index < -0.39 is 5.60 Å². The second-order valence-corrected chi connectivity index (χ2v) is 10.2. The number of nitrogens with one attached hydrogen (secondary N) is 1. The van der Waals surface area contributed by atoms with Gasteiger partial charge in [0, 0.05) is 25.4 Å². The Kier molecular flexibility index (Phi) is 7.58. The van der Waals surface area contributed by atoms with Crippen LogP contribution >= 0.6 is 0 Å². The van der Waals surface area contributed by atoms with Crippen molar-refractivity contribution in [2.75, 3.05) is 13.9 Å². The highest BCUT2D eigenvalue weighted by molar-refractivity contribution is 5.82. The molecule has 8 heteroatoms. The van der Waals surface area contributed by atoms with Gasteiger partial charge in [-0.25, -0.2) is 4.98 Å².